The third kappa shape index (κ3) is 2.27. The highest BCUT2D eigenvalue weighted by Gasteiger charge is 2.06. The van der Waals surface area contributed by atoms with E-state index >= 15 is 0 Å². The average Bonchev–Trinajstić information content (AvgIpc) is 2.11. The molecule has 0 unspecified atom stereocenters. The summed E-state index contributed by atoms with van der Waals surface area (Å²) in [6.45, 7) is 0. The fraction of sp³-hybridized carbons (Fsp3) is 0.222. The molecule has 1 aromatic carbocycles. The second-order valence-corrected chi connectivity index (χ2v) is 3.23. The molecule has 1 aromatic rings. The molecule has 0 saturated heterocycles. The first kappa shape index (κ1) is 10.2. The van der Waals surface area contributed by atoms with Gasteiger partial charge in [-0.2, -0.15) is 5.26 Å². The van der Waals surface area contributed by atoms with Crippen molar-refractivity contribution in [2.75, 3.05) is 7.11 Å². The molecule has 0 aromatic heterocycles. The van der Waals surface area contributed by atoms with Crippen molar-refractivity contribution in [1.82, 2.24) is 0 Å². The maximum absolute atomic E-state index is 8.48. The molecule has 0 heterocycles. The Kier molecular flexibility index (Phi) is 3.41. The zero-order valence-electron chi connectivity index (χ0n) is 6.97. The maximum Gasteiger partial charge on any atom is 0.138 e. The molecule has 2 nitrogen and oxygen atoms in total. The van der Waals surface area contributed by atoms with E-state index in [-0.39, 0.29) is 6.42 Å². The van der Waals surface area contributed by atoms with Crippen LogP contribution in [0.4, 0.5) is 0 Å². The molecule has 13 heavy (non-hydrogen) atoms. The maximum atomic E-state index is 8.48. The van der Waals surface area contributed by atoms with Crippen LogP contribution in [0.25, 0.3) is 0 Å². The minimum atomic E-state index is 0.253. The minimum Gasteiger partial charge on any atom is -0.495 e. The second-order valence-electron chi connectivity index (χ2n) is 2.41. The molecule has 0 bridgehead atoms. The lowest BCUT2D eigenvalue weighted by molar-refractivity contribution is 0.415. The number of benzene rings is 1. The summed E-state index contributed by atoms with van der Waals surface area (Å²) < 4.78 is 4.96. The average molecular weight is 216 g/mol. The standard InChI is InChI=1S/C9H7Cl2NO/c1-13-9-5-7(10)6(2-3-12)4-8(9)11/h4-5H,2H2,1H3. The van der Waals surface area contributed by atoms with E-state index < -0.39 is 0 Å². The van der Waals surface area contributed by atoms with Crippen molar-refractivity contribution in [1.29, 1.82) is 5.26 Å². The molecule has 0 N–H and O–H groups in total. The third-order valence-corrected chi connectivity index (χ3v) is 2.24. The molecule has 0 aliphatic heterocycles. The number of halogens is 2. The summed E-state index contributed by atoms with van der Waals surface area (Å²) in [7, 11) is 1.52. The van der Waals surface area contributed by atoms with Crippen LogP contribution >= 0.6 is 23.2 Å². The Balaban J connectivity index is 3.14. The normalized spacial score (nSPS) is 9.38. The topological polar surface area (TPSA) is 33.0 Å². The van der Waals surface area contributed by atoms with E-state index in [1.54, 1.807) is 12.1 Å². The van der Waals surface area contributed by atoms with Crippen LogP contribution < -0.4 is 4.74 Å². The Morgan fingerprint density at radius 1 is 1.38 bits per heavy atom. The molecule has 0 atom stereocenters. The monoisotopic (exact) mass is 215 g/mol. The van der Waals surface area contributed by atoms with Crippen molar-refractivity contribution in [3.8, 4) is 11.8 Å². The van der Waals surface area contributed by atoms with Gasteiger partial charge in [0.05, 0.1) is 24.6 Å². The van der Waals surface area contributed by atoms with E-state index in [1.807, 2.05) is 6.07 Å². The predicted octanol–water partition coefficient (Wildman–Crippen LogP) is 3.07. The summed E-state index contributed by atoms with van der Waals surface area (Å²) in [6.07, 6.45) is 0.253. The number of rotatable bonds is 2. The fourth-order valence-corrected chi connectivity index (χ4v) is 1.43. The first-order valence-corrected chi connectivity index (χ1v) is 4.33. The summed E-state index contributed by atoms with van der Waals surface area (Å²) >= 11 is 11.7. The summed E-state index contributed by atoms with van der Waals surface area (Å²) in [5, 5.41) is 9.45. The quantitative estimate of drug-likeness (QED) is 0.760. The zero-order chi connectivity index (χ0) is 9.84. The van der Waals surface area contributed by atoms with Gasteiger partial charge in [-0.3, -0.25) is 0 Å². The molecule has 0 spiro atoms. The Morgan fingerprint density at radius 3 is 2.62 bits per heavy atom. The zero-order valence-corrected chi connectivity index (χ0v) is 8.49. The highest BCUT2D eigenvalue weighted by molar-refractivity contribution is 6.34. The van der Waals surface area contributed by atoms with Gasteiger partial charge in [-0.15, -0.1) is 0 Å². The molecule has 0 aliphatic rings. The van der Waals surface area contributed by atoms with E-state index in [0.29, 0.717) is 15.8 Å². The molecular formula is C9H7Cl2NO. The number of hydrogen-bond donors (Lipinski definition) is 0. The first-order valence-electron chi connectivity index (χ1n) is 3.58. The lowest BCUT2D eigenvalue weighted by Gasteiger charge is -2.05. The van der Waals surface area contributed by atoms with Crippen LogP contribution in [-0.2, 0) is 6.42 Å². The Labute approximate surface area is 86.6 Å². The van der Waals surface area contributed by atoms with Gasteiger partial charge in [-0.25, -0.2) is 0 Å². The number of hydrogen-bond acceptors (Lipinski definition) is 2. The largest absolute Gasteiger partial charge is 0.495 e. The molecule has 0 aliphatic carbocycles. The molecule has 4 heteroatoms. The van der Waals surface area contributed by atoms with E-state index in [9.17, 15) is 0 Å². The van der Waals surface area contributed by atoms with Crippen LogP contribution in [0.3, 0.4) is 0 Å². The van der Waals surface area contributed by atoms with Gasteiger partial charge in [0.15, 0.2) is 0 Å². The summed E-state index contributed by atoms with van der Waals surface area (Å²) in [5.41, 5.74) is 0.718. The van der Waals surface area contributed by atoms with Crippen molar-refractivity contribution in [3.63, 3.8) is 0 Å². The van der Waals surface area contributed by atoms with E-state index in [0.717, 1.165) is 5.56 Å². The minimum absolute atomic E-state index is 0.253. The number of nitrogens with zero attached hydrogens (tertiary/aromatic N) is 1. The summed E-state index contributed by atoms with van der Waals surface area (Å²) in [6, 6.07) is 5.26. The van der Waals surface area contributed by atoms with Crippen molar-refractivity contribution < 1.29 is 4.74 Å². The van der Waals surface area contributed by atoms with Crippen molar-refractivity contribution in [2.45, 2.75) is 6.42 Å². The number of methoxy groups -OCH3 is 1. The van der Waals surface area contributed by atoms with Crippen molar-refractivity contribution in [3.05, 3.63) is 27.7 Å². The van der Waals surface area contributed by atoms with Gasteiger partial charge in [-0.05, 0) is 11.6 Å². The molecule has 0 radical (unpaired) electrons. The molecule has 0 amide bonds. The van der Waals surface area contributed by atoms with E-state index in [1.165, 1.54) is 7.11 Å². The van der Waals surface area contributed by atoms with E-state index in [4.69, 9.17) is 33.2 Å². The van der Waals surface area contributed by atoms with Gasteiger partial charge in [-0.1, -0.05) is 23.2 Å². The third-order valence-electron chi connectivity index (χ3n) is 1.59. The van der Waals surface area contributed by atoms with Crippen LogP contribution in [0.1, 0.15) is 5.56 Å². The van der Waals surface area contributed by atoms with Gasteiger partial charge in [0.2, 0.25) is 0 Å². The summed E-state index contributed by atoms with van der Waals surface area (Å²) in [4.78, 5) is 0. The van der Waals surface area contributed by atoms with Crippen molar-refractivity contribution >= 4 is 23.2 Å². The number of ether oxygens (including phenoxy) is 1. The molecule has 1 rings (SSSR count). The Hall–Kier alpha value is -0.910. The van der Waals surface area contributed by atoms with Gasteiger partial charge in [0.25, 0.3) is 0 Å². The SMILES string of the molecule is COc1cc(Cl)c(CC#N)cc1Cl. The molecular weight excluding hydrogens is 209 g/mol. The van der Waals surface area contributed by atoms with Crippen LogP contribution in [0.15, 0.2) is 12.1 Å². The van der Waals surface area contributed by atoms with Gasteiger partial charge < -0.3 is 4.74 Å². The lowest BCUT2D eigenvalue weighted by Crippen LogP contribution is -1.88. The van der Waals surface area contributed by atoms with Crippen molar-refractivity contribution in [2.24, 2.45) is 0 Å². The summed E-state index contributed by atoms with van der Waals surface area (Å²) in [5.74, 6) is 0.522. The predicted molar refractivity (Wildman–Crippen MR) is 52.3 cm³/mol. The molecule has 0 fully saturated rings. The fourth-order valence-electron chi connectivity index (χ4n) is 0.947. The van der Waals surface area contributed by atoms with Crippen LogP contribution in [0, 0.1) is 11.3 Å². The smallest absolute Gasteiger partial charge is 0.138 e. The number of nitriles is 1. The van der Waals surface area contributed by atoms with Crippen LogP contribution in [0.5, 0.6) is 5.75 Å². The highest BCUT2D eigenvalue weighted by atomic mass is 35.5. The van der Waals surface area contributed by atoms with Gasteiger partial charge >= 0.3 is 0 Å². The first-order chi connectivity index (χ1) is 6.19. The van der Waals surface area contributed by atoms with Crippen LogP contribution in [-0.4, -0.2) is 7.11 Å². The van der Waals surface area contributed by atoms with Crippen LogP contribution in [0.2, 0.25) is 10.0 Å². The molecule has 68 valence electrons. The molecule has 0 saturated carbocycles. The second kappa shape index (κ2) is 4.36. The Bertz CT molecular complexity index is 357. The van der Waals surface area contributed by atoms with Gasteiger partial charge in [0, 0.05) is 11.1 Å². The van der Waals surface area contributed by atoms with E-state index in [2.05, 4.69) is 0 Å². The lowest BCUT2D eigenvalue weighted by atomic mass is 10.1. The Morgan fingerprint density at radius 2 is 2.08 bits per heavy atom. The highest BCUT2D eigenvalue weighted by Crippen LogP contribution is 2.30. The van der Waals surface area contributed by atoms with Gasteiger partial charge in [0.1, 0.15) is 5.75 Å².